The van der Waals surface area contributed by atoms with Crippen molar-refractivity contribution in [3.05, 3.63) is 144 Å². The van der Waals surface area contributed by atoms with Crippen LogP contribution in [-0.2, 0) is 21.5 Å². The van der Waals surface area contributed by atoms with E-state index in [1.54, 1.807) is 4.90 Å². The molecule has 0 unspecified atom stereocenters. The average Bonchev–Trinajstić information content (AvgIpc) is 3.15. The number of amides is 1. The zero-order valence-electron chi connectivity index (χ0n) is 18.0. The molecule has 162 valence electrons. The minimum absolute atomic E-state index is 0.361. The molecular formula is C29H23NO3. The number of ether oxygens (including phenoxy) is 1. The van der Waals surface area contributed by atoms with Crippen molar-refractivity contribution in [2.45, 2.75) is 18.0 Å². The first kappa shape index (κ1) is 20.7. The minimum Gasteiger partial charge on any atom is -0.375 e. The van der Waals surface area contributed by atoms with Crippen molar-refractivity contribution >= 4 is 12.1 Å². The Morgan fingerprint density at radius 1 is 0.606 bits per heavy atom. The molecule has 0 bridgehead atoms. The minimum atomic E-state index is -1.05. The lowest BCUT2D eigenvalue weighted by Gasteiger charge is -2.44. The van der Waals surface area contributed by atoms with Gasteiger partial charge in [-0.3, -0.25) is 4.90 Å². The summed E-state index contributed by atoms with van der Waals surface area (Å²) in [6, 6.07) is 38.4. The Morgan fingerprint density at radius 3 is 1.42 bits per heavy atom. The van der Waals surface area contributed by atoms with Crippen LogP contribution >= 0.6 is 0 Å². The maximum Gasteiger partial charge on any atom is 0.419 e. The first-order valence-electron chi connectivity index (χ1n) is 11.0. The van der Waals surface area contributed by atoms with E-state index in [0.29, 0.717) is 6.42 Å². The Bertz CT molecular complexity index is 1140. The van der Waals surface area contributed by atoms with Crippen molar-refractivity contribution in [3.8, 4) is 0 Å². The summed E-state index contributed by atoms with van der Waals surface area (Å²) >= 11 is 0. The first-order chi connectivity index (χ1) is 16.2. The van der Waals surface area contributed by atoms with Crippen molar-refractivity contribution in [3.63, 3.8) is 0 Å². The molecule has 4 nitrogen and oxygen atoms in total. The van der Waals surface area contributed by atoms with E-state index in [1.807, 2.05) is 121 Å². The first-order valence-corrected chi connectivity index (χ1v) is 11.0. The van der Waals surface area contributed by atoms with E-state index in [2.05, 4.69) is 0 Å². The fourth-order valence-corrected chi connectivity index (χ4v) is 4.77. The largest absolute Gasteiger partial charge is 0.419 e. The van der Waals surface area contributed by atoms with Gasteiger partial charge in [0.15, 0.2) is 0 Å². The predicted molar refractivity (Wildman–Crippen MR) is 126 cm³/mol. The Kier molecular flexibility index (Phi) is 5.49. The highest BCUT2D eigenvalue weighted by Gasteiger charge is 2.55. The number of carbonyl (C=O) groups excluding carboxylic acids is 2. The summed E-state index contributed by atoms with van der Waals surface area (Å²) in [5, 5.41) is 0. The quantitative estimate of drug-likeness (QED) is 0.227. The summed E-state index contributed by atoms with van der Waals surface area (Å²) in [7, 11) is 0. The number of rotatable bonds is 6. The normalized spacial score (nSPS) is 16.0. The van der Waals surface area contributed by atoms with Crippen molar-refractivity contribution in [1.29, 1.82) is 0 Å². The molecule has 4 aromatic rings. The number of hydrogen-bond acceptors (Lipinski definition) is 3. The maximum atomic E-state index is 13.4. The van der Waals surface area contributed by atoms with E-state index in [0.717, 1.165) is 22.3 Å². The zero-order valence-corrected chi connectivity index (χ0v) is 18.0. The van der Waals surface area contributed by atoms with Crippen LogP contribution in [0.2, 0.25) is 0 Å². The van der Waals surface area contributed by atoms with Gasteiger partial charge in [0, 0.05) is 6.42 Å². The van der Waals surface area contributed by atoms with Gasteiger partial charge in [0.25, 0.3) is 0 Å². The SMILES string of the molecule is O=C1OC(=O)N(C(c2ccccc2)(c2ccccc2)c2ccccc2)[C@H]1Cc1ccccc1. The molecule has 4 aromatic carbocycles. The van der Waals surface area contributed by atoms with Gasteiger partial charge in [0.2, 0.25) is 0 Å². The number of benzene rings is 4. The monoisotopic (exact) mass is 433 g/mol. The number of nitrogens with zero attached hydrogens (tertiary/aromatic N) is 1. The van der Waals surface area contributed by atoms with Crippen molar-refractivity contribution in [1.82, 2.24) is 4.90 Å². The third kappa shape index (κ3) is 3.60. The number of esters is 1. The summed E-state index contributed by atoms with van der Waals surface area (Å²) < 4.78 is 5.28. The van der Waals surface area contributed by atoms with E-state index >= 15 is 0 Å². The highest BCUT2D eigenvalue weighted by molar-refractivity contribution is 5.97. The second-order valence-electron chi connectivity index (χ2n) is 8.07. The van der Waals surface area contributed by atoms with Crippen molar-refractivity contribution < 1.29 is 14.3 Å². The maximum absolute atomic E-state index is 13.4. The molecule has 0 saturated carbocycles. The Labute approximate surface area is 193 Å². The molecule has 1 amide bonds. The molecule has 1 heterocycles. The van der Waals surface area contributed by atoms with Gasteiger partial charge in [-0.15, -0.1) is 0 Å². The van der Waals surface area contributed by atoms with Crippen LogP contribution < -0.4 is 0 Å². The van der Waals surface area contributed by atoms with Crippen LogP contribution in [0.15, 0.2) is 121 Å². The standard InChI is InChI=1S/C29H23NO3/c31-27-26(21-22-13-5-1-6-14-22)30(28(32)33-27)29(23-15-7-2-8-16-23,24-17-9-3-10-18-24)25-19-11-4-12-20-25/h1-20,26H,21H2/t26-/m0/s1. The van der Waals surface area contributed by atoms with Crippen LogP contribution in [0.5, 0.6) is 0 Å². The lowest BCUT2D eigenvalue weighted by molar-refractivity contribution is -0.136. The molecule has 0 aromatic heterocycles. The number of hydrogen-bond donors (Lipinski definition) is 0. The molecule has 0 N–H and O–H groups in total. The Morgan fingerprint density at radius 2 is 1.00 bits per heavy atom. The molecule has 1 aliphatic rings. The van der Waals surface area contributed by atoms with Crippen molar-refractivity contribution in [2.24, 2.45) is 0 Å². The van der Waals surface area contributed by atoms with Crippen LogP contribution in [0.1, 0.15) is 22.3 Å². The van der Waals surface area contributed by atoms with Gasteiger partial charge in [-0.1, -0.05) is 121 Å². The predicted octanol–water partition coefficient (Wildman–Crippen LogP) is 5.57. The highest BCUT2D eigenvalue weighted by Crippen LogP contribution is 2.46. The van der Waals surface area contributed by atoms with E-state index in [1.165, 1.54) is 0 Å². The summed E-state index contributed by atoms with van der Waals surface area (Å²) in [4.78, 5) is 28.1. The van der Waals surface area contributed by atoms with Crippen LogP contribution in [0.25, 0.3) is 0 Å². The van der Waals surface area contributed by atoms with Crippen LogP contribution in [0.3, 0.4) is 0 Å². The van der Waals surface area contributed by atoms with Crippen molar-refractivity contribution in [2.75, 3.05) is 0 Å². The molecule has 1 saturated heterocycles. The molecular weight excluding hydrogens is 410 g/mol. The number of cyclic esters (lactones) is 2. The van der Waals surface area contributed by atoms with Crippen LogP contribution in [0.4, 0.5) is 4.79 Å². The smallest absolute Gasteiger partial charge is 0.375 e. The topological polar surface area (TPSA) is 46.6 Å². The second kappa shape index (κ2) is 8.75. The third-order valence-corrected chi connectivity index (χ3v) is 6.18. The second-order valence-corrected chi connectivity index (χ2v) is 8.07. The van der Waals surface area contributed by atoms with Gasteiger partial charge in [0.1, 0.15) is 11.6 Å². The molecule has 1 aliphatic heterocycles. The van der Waals surface area contributed by atoms with E-state index < -0.39 is 23.6 Å². The molecule has 4 heteroatoms. The fraction of sp³-hybridized carbons (Fsp3) is 0.103. The zero-order chi connectivity index (χ0) is 22.7. The molecule has 0 aliphatic carbocycles. The lowest BCUT2D eigenvalue weighted by atomic mass is 9.75. The molecule has 33 heavy (non-hydrogen) atoms. The van der Waals surface area contributed by atoms with Crippen LogP contribution in [-0.4, -0.2) is 23.0 Å². The Balaban J connectivity index is 1.79. The van der Waals surface area contributed by atoms with Gasteiger partial charge in [-0.05, 0) is 22.3 Å². The molecule has 5 rings (SSSR count). The molecule has 0 spiro atoms. The van der Waals surface area contributed by atoms with Gasteiger partial charge >= 0.3 is 12.1 Å². The molecule has 1 atom stereocenters. The summed E-state index contributed by atoms with van der Waals surface area (Å²) in [5.74, 6) is -0.531. The van der Waals surface area contributed by atoms with Gasteiger partial charge in [-0.2, -0.15) is 0 Å². The Hall–Kier alpha value is -4.18. The van der Waals surface area contributed by atoms with Gasteiger partial charge in [-0.25, -0.2) is 9.59 Å². The highest BCUT2D eigenvalue weighted by atomic mass is 16.6. The van der Waals surface area contributed by atoms with E-state index in [9.17, 15) is 9.59 Å². The van der Waals surface area contributed by atoms with E-state index in [-0.39, 0.29) is 0 Å². The fourth-order valence-electron chi connectivity index (χ4n) is 4.77. The van der Waals surface area contributed by atoms with E-state index in [4.69, 9.17) is 4.74 Å². The summed E-state index contributed by atoms with van der Waals surface area (Å²) in [5.41, 5.74) is 2.56. The number of carbonyl (C=O) groups is 2. The molecule has 1 fully saturated rings. The van der Waals surface area contributed by atoms with Gasteiger partial charge < -0.3 is 4.74 Å². The lowest BCUT2D eigenvalue weighted by Crippen LogP contribution is -2.53. The summed E-state index contributed by atoms with van der Waals surface area (Å²) in [6.07, 6.45) is -0.280. The van der Waals surface area contributed by atoms with Crippen LogP contribution in [0, 0.1) is 0 Å². The third-order valence-electron chi connectivity index (χ3n) is 6.18. The van der Waals surface area contributed by atoms with Gasteiger partial charge in [0.05, 0.1) is 0 Å². The average molecular weight is 434 g/mol. The summed E-state index contributed by atoms with van der Waals surface area (Å²) in [6.45, 7) is 0. The molecule has 0 radical (unpaired) electrons.